The van der Waals surface area contributed by atoms with Crippen molar-refractivity contribution >= 4 is 5.91 Å². The van der Waals surface area contributed by atoms with Gasteiger partial charge in [-0.15, -0.1) is 0 Å². The highest BCUT2D eigenvalue weighted by molar-refractivity contribution is 5.84. The fourth-order valence-electron chi connectivity index (χ4n) is 2.99. The molecule has 0 aromatic heterocycles. The summed E-state index contributed by atoms with van der Waals surface area (Å²) < 4.78 is 0. The van der Waals surface area contributed by atoms with Crippen molar-refractivity contribution in [3.05, 3.63) is 0 Å². The van der Waals surface area contributed by atoms with Gasteiger partial charge < -0.3 is 5.32 Å². The highest BCUT2D eigenvalue weighted by Crippen LogP contribution is 2.38. The Hall–Kier alpha value is -0.530. The Bertz CT molecular complexity index is 226. The Kier molecular flexibility index (Phi) is 2.54. The molecule has 2 rings (SSSR count). The van der Waals surface area contributed by atoms with Gasteiger partial charge in [0.25, 0.3) is 0 Å². The summed E-state index contributed by atoms with van der Waals surface area (Å²) in [5.74, 6) is 1.95. The lowest BCUT2D eigenvalue weighted by molar-refractivity contribution is -0.133. The number of rotatable bonds is 1. The van der Waals surface area contributed by atoms with Crippen LogP contribution in [-0.2, 0) is 4.79 Å². The summed E-state index contributed by atoms with van der Waals surface area (Å²) in [6, 6.07) is 0. The van der Waals surface area contributed by atoms with Crippen molar-refractivity contribution in [3.63, 3.8) is 0 Å². The van der Waals surface area contributed by atoms with Gasteiger partial charge in [-0.1, -0.05) is 26.7 Å². The minimum atomic E-state index is 0.223. The van der Waals surface area contributed by atoms with Crippen LogP contribution in [0.2, 0.25) is 0 Å². The fourth-order valence-corrected chi connectivity index (χ4v) is 2.99. The van der Waals surface area contributed by atoms with Crippen LogP contribution in [-0.4, -0.2) is 11.4 Å². The lowest BCUT2D eigenvalue weighted by atomic mass is 9.79. The van der Waals surface area contributed by atoms with Gasteiger partial charge in [-0.2, -0.15) is 0 Å². The Morgan fingerprint density at radius 3 is 2.64 bits per heavy atom. The van der Waals surface area contributed by atoms with E-state index in [0.29, 0.717) is 0 Å². The van der Waals surface area contributed by atoms with Crippen LogP contribution >= 0.6 is 0 Å². The minimum absolute atomic E-state index is 0.223. The van der Waals surface area contributed by atoms with E-state index in [9.17, 15) is 4.79 Å². The van der Waals surface area contributed by atoms with Gasteiger partial charge in [0.1, 0.15) is 0 Å². The van der Waals surface area contributed by atoms with Gasteiger partial charge in [0.05, 0.1) is 0 Å². The molecule has 1 amide bonds. The average molecular weight is 195 g/mol. The molecule has 0 aromatic carbocycles. The topological polar surface area (TPSA) is 29.1 Å². The van der Waals surface area contributed by atoms with E-state index in [-0.39, 0.29) is 11.4 Å². The summed E-state index contributed by atoms with van der Waals surface area (Å²) in [7, 11) is 0. The van der Waals surface area contributed by atoms with Crippen LogP contribution < -0.4 is 5.32 Å². The Balaban J connectivity index is 1.92. The zero-order valence-corrected chi connectivity index (χ0v) is 9.31. The van der Waals surface area contributed by atoms with Gasteiger partial charge in [0.15, 0.2) is 0 Å². The molecule has 0 aromatic rings. The van der Waals surface area contributed by atoms with Crippen molar-refractivity contribution in [2.45, 2.75) is 57.9 Å². The van der Waals surface area contributed by atoms with Gasteiger partial charge in [-0.3, -0.25) is 4.79 Å². The molecule has 2 heteroatoms. The van der Waals surface area contributed by atoms with E-state index >= 15 is 0 Å². The second-order valence-electron chi connectivity index (χ2n) is 5.44. The van der Waals surface area contributed by atoms with E-state index < -0.39 is 0 Å². The summed E-state index contributed by atoms with van der Waals surface area (Å²) in [6.45, 7) is 4.64. The summed E-state index contributed by atoms with van der Waals surface area (Å²) in [6.07, 6.45) is 7.16. The molecule has 1 aliphatic carbocycles. The van der Waals surface area contributed by atoms with Crippen LogP contribution in [0.5, 0.6) is 0 Å². The van der Waals surface area contributed by atoms with E-state index in [4.69, 9.17) is 0 Å². The van der Waals surface area contributed by atoms with Crippen molar-refractivity contribution < 1.29 is 4.79 Å². The van der Waals surface area contributed by atoms with Crippen molar-refractivity contribution in [1.82, 2.24) is 5.32 Å². The van der Waals surface area contributed by atoms with E-state index in [2.05, 4.69) is 19.2 Å². The largest absolute Gasteiger partial charge is 0.350 e. The number of nitrogens with one attached hydrogen (secondary N) is 1. The van der Waals surface area contributed by atoms with Crippen LogP contribution in [0.15, 0.2) is 0 Å². The van der Waals surface area contributed by atoms with Crippen molar-refractivity contribution in [2.24, 2.45) is 11.8 Å². The van der Waals surface area contributed by atoms with E-state index in [1.807, 2.05) is 0 Å². The SMILES string of the molecule is CC(C)C1CCCC2(CC1)CC(=O)N2. The lowest BCUT2D eigenvalue weighted by Crippen LogP contribution is -2.60. The van der Waals surface area contributed by atoms with Gasteiger partial charge in [-0.05, 0) is 31.1 Å². The number of β-lactam (4-membered cyclic amide) rings is 1. The zero-order chi connectivity index (χ0) is 10.2. The minimum Gasteiger partial charge on any atom is -0.350 e. The first-order valence-electron chi connectivity index (χ1n) is 5.92. The quantitative estimate of drug-likeness (QED) is 0.640. The molecular weight excluding hydrogens is 174 g/mol. The molecule has 1 heterocycles. The van der Waals surface area contributed by atoms with Crippen LogP contribution in [0, 0.1) is 11.8 Å². The molecule has 2 fully saturated rings. The number of amides is 1. The molecule has 2 aliphatic rings. The molecule has 14 heavy (non-hydrogen) atoms. The summed E-state index contributed by atoms with van der Waals surface area (Å²) in [5, 5.41) is 3.12. The fraction of sp³-hybridized carbons (Fsp3) is 0.917. The highest BCUT2D eigenvalue weighted by atomic mass is 16.2. The Labute approximate surface area is 86.5 Å². The number of carbonyl (C=O) groups excluding carboxylic acids is 1. The lowest BCUT2D eigenvalue weighted by Gasteiger charge is -2.42. The van der Waals surface area contributed by atoms with E-state index in [1.54, 1.807) is 0 Å². The van der Waals surface area contributed by atoms with Crippen molar-refractivity contribution in [2.75, 3.05) is 0 Å². The molecule has 0 bridgehead atoms. The molecule has 1 saturated carbocycles. The molecule has 1 aliphatic heterocycles. The van der Waals surface area contributed by atoms with Crippen molar-refractivity contribution in [1.29, 1.82) is 0 Å². The molecule has 1 spiro atoms. The highest BCUT2D eigenvalue weighted by Gasteiger charge is 2.43. The number of hydrogen-bond acceptors (Lipinski definition) is 1. The molecule has 80 valence electrons. The summed E-state index contributed by atoms with van der Waals surface area (Å²) >= 11 is 0. The predicted octanol–water partition coefficient (Wildman–Crippen LogP) is 2.48. The zero-order valence-electron chi connectivity index (χ0n) is 9.31. The third kappa shape index (κ3) is 1.79. The molecule has 2 nitrogen and oxygen atoms in total. The first-order chi connectivity index (χ1) is 6.61. The van der Waals surface area contributed by atoms with Crippen LogP contribution in [0.3, 0.4) is 0 Å². The first kappa shape index (κ1) is 10.0. The Morgan fingerprint density at radius 1 is 1.36 bits per heavy atom. The smallest absolute Gasteiger partial charge is 0.222 e. The van der Waals surface area contributed by atoms with Gasteiger partial charge in [-0.25, -0.2) is 0 Å². The molecule has 1 saturated heterocycles. The standard InChI is InChI=1S/C12H21NO/c1-9(2)10-4-3-6-12(7-5-10)8-11(14)13-12/h9-10H,3-8H2,1-2H3,(H,13,14). The monoisotopic (exact) mass is 195 g/mol. The molecule has 0 radical (unpaired) electrons. The second-order valence-corrected chi connectivity index (χ2v) is 5.44. The van der Waals surface area contributed by atoms with Gasteiger partial charge >= 0.3 is 0 Å². The summed E-state index contributed by atoms with van der Waals surface area (Å²) in [5.41, 5.74) is 0.223. The average Bonchev–Trinajstić information content (AvgIpc) is 2.26. The maximum absolute atomic E-state index is 11.0. The normalized spacial score (nSPS) is 37.9. The molecule has 1 N–H and O–H groups in total. The molecule has 2 atom stereocenters. The third-order valence-electron chi connectivity index (χ3n) is 4.07. The van der Waals surface area contributed by atoms with Crippen molar-refractivity contribution in [3.8, 4) is 0 Å². The van der Waals surface area contributed by atoms with Crippen LogP contribution in [0.1, 0.15) is 52.4 Å². The number of carbonyl (C=O) groups is 1. The van der Waals surface area contributed by atoms with Crippen LogP contribution in [0.4, 0.5) is 0 Å². The summed E-state index contributed by atoms with van der Waals surface area (Å²) in [4.78, 5) is 11.0. The van der Waals surface area contributed by atoms with Crippen LogP contribution in [0.25, 0.3) is 0 Å². The van der Waals surface area contributed by atoms with Gasteiger partial charge in [0.2, 0.25) is 5.91 Å². The molecule has 2 unspecified atom stereocenters. The first-order valence-corrected chi connectivity index (χ1v) is 5.92. The predicted molar refractivity (Wildman–Crippen MR) is 56.9 cm³/mol. The second kappa shape index (κ2) is 3.56. The van der Waals surface area contributed by atoms with Gasteiger partial charge in [0, 0.05) is 12.0 Å². The number of hydrogen-bond donors (Lipinski definition) is 1. The van der Waals surface area contributed by atoms with E-state index in [0.717, 1.165) is 18.3 Å². The maximum Gasteiger partial charge on any atom is 0.222 e. The third-order valence-corrected chi connectivity index (χ3v) is 4.07. The molecular formula is C12H21NO. The Morgan fingerprint density at radius 2 is 2.07 bits per heavy atom. The maximum atomic E-state index is 11.0. The van der Waals surface area contributed by atoms with E-state index in [1.165, 1.54) is 32.1 Å².